The Balaban J connectivity index is 1.70. The van der Waals surface area contributed by atoms with Crippen molar-refractivity contribution in [3.05, 3.63) is 36.0 Å². The van der Waals surface area contributed by atoms with Crippen molar-refractivity contribution in [1.82, 2.24) is 15.0 Å². The van der Waals surface area contributed by atoms with Gasteiger partial charge in [0.2, 0.25) is 17.6 Å². The van der Waals surface area contributed by atoms with Crippen molar-refractivity contribution in [1.29, 1.82) is 0 Å². The van der Waals surface area contributed by atoms with E-state index in [0.29, 0.717) is 30.6 Å². The van der Waals surface area contributed by atoms with E-state index in [0.717, 1.165) is 24.9 Å². The maximum absolute atomic E-state index is 13.0. The van der Waals surface area contributed by atoms with Gasteiger partial charge in [-0.25, -0.2) is 4.39 Å². The third kappa shape index (κ3) is 3.80. The van der Waals surface area contributed by atoms with Crippen LogP contribution in [0.4, 0.5) is 4.39 Å². The highest BCUT2D eigenvalue weighted by atomic mass is 19.1. The van der Waals surface area contributed by atoms with E-state index in [9.17, 15) is 9.18 Å². The second-order valence-corrected chi connectivity index (χ2v) is 6.74. The van der Waals surface area contributed by atoms with E-state index in [4.69, 9.17) is 4.52 Å². The molecule has 1 aliphatic rings. The number of likely N-dealkylation sites (tertiary alicyclic amines) is 1. The molecule has 1 aliphatic heterocycles. The lowest BCUT2D eigenvalue weighted by molar-refractivity contribution is -0.133. The molecular formula is C18H22FN3O2. The monoisotopic (exact) mass is 331 g/mol. The van der Waals surface area contributed by atoms with Crippen molar-refractivity contribution < 1.29 is 13.7 Å². The van der Waals surface area contributed by atoms with E-state index in [1.807, 2.05) is 18.7 Å². The van der Waals surface area contributed by atoms with E-state index in [1.54, 1.807) is 12.1 Å². The maximum Gasteiger partial charge on any atom is 0.231 e. The van der Waals surface area contributed by atoms with Gasteiger partial charge in [0.15, 0.2) is 0 Å². The van der Waals surface area contributed by atoms with E-state index in [2.05, 4.69) is 10.1 Å². The van der Waals surface area contributed by atoms with Crippen LogP contribution in [0.15, 0.2) is 28.8 Å². The summed E-state index contributed by atoms with van der Waals surface area (Å²) in [7, 11) is 0. The molecule has 1 aromatic heterocycles. The second-order valence-electron chi connectivity index (χ2n) is 6.74. The van der Waals surface area contributed by atoms with Gasteiger partial charge in [0.25, 0.3) is 0 Å². The fourth-order valence-electron chi connectivity index (χ4n) is 3.00. The lowest BCUT2D eigenvalue weighted by Crippen LogP contribution is -2.39. The van der Waals surface area contributed by atoms with Crippen LogP contribution >= 0.6 is 0 Å². The highest BCUT2D eigenvalue weighted by molar-refractivity contribution is 5.76. The number of nitrogens with zero attached hydrogens (tertiary/aromatic N) is 3. The molecule has 1 amide bonds. The topological polar surface area (TPSA) is 59.2 Å². The Labute approximate surface area is 140 Å². The van der Waals surface area contributed by atoms with Gasteiger partial charge in [-0.1, -0.05) is 19.0 Å². The van der Waals surface area contributed by atoms with Crippen LogP contribution in [0.5, 0.6) is 0 Å². The van der Waals surface area contributed by atoms with Gasteiger partial charge in [-0.15, -0.1) is 0 Å². The van der Waals surface area contributed by atoms with Crippen molar-refractivity contribution in [3.8, 4) is 11.4 Å². The number of benzene rings is 1. The highest BCUT2D eigenvalue weighted by Crippen LogP contribution is 2.28. The van der Waals surface area contributed by atoms with Crippen molar-refractivity contribution >= 4 is 5.91 Å². The molecule has 2 heterocycles. The van der Waals surface area contributed by atoms with E-state index in [1.165, 1.54) is 12.1 Å². The molecule has 128 valence electrons. The molecule has 0 bridgehead atoms. The van der Waals surface area contributed by atoms with Crippen LogP contribution in [-0.4, -0.2) is 34.0 Å². The highest BCUT2D eigenvalue weighted by Gasteiger charge is 2.28. The molecule has 6 heteroatoms. The summed E-state index contributed by atoms with van der Waals surface area (Å²) in [5.41, 5.74) is 0.718. The Bertz CT molecular complexity index is 697. The van der Waals surface area contributed by atoms with Crippen LogP contribution < -0.4 is 0 Å². The maximum atomic E-state index is 13.0. The zero-order valence-corrected chi connectivity index (χ0v) is 14.0. The van der Waals surface area contributed by atoms with E-state index < -0.39 is 0 Å². The average Bonchev–Trinajstić information content (AvgIpc) is 3.05. The third-order valence-electron chi connectivity index (χ3n) is 4.25. The lowest BCUT2D eigenvalue weighted by atomic mass is 9.97. The standard InChI is InChI=1S/C18H22FN3O2/c1-12(2)10-16(23)22-9-3-4-14(11-22)18-20-17(21-24-18)13-5-7-15(19)8-6-13/h5-8,12,14H,3-4,9-11H2,1-2H3. The zero-order valence-electron chi connectivity index (χ0n) is 14.0. The van der Waals surface area contributed by atoms with Gasteiger partial charge in [0, 0.05) is 25.1 Å². The molecule has 1 fully saturated rings. The predicted molar refractivity (Wildman–Crippen MR) is 87.7 cm³/mol. The van der Waals surface area contributed by atoms with Crippen LogP contribution in [0.25, 0.3) is 11.4 Å². The minimum Gasteiger partial charge on any atom is -0.342 e. The third-order valence-corrected chi connectivity index (χ3v) is 4.25. The number of carbonyl (C=O) groups is 1. The SMILES string of the molecule is CC(C)CC(=O)N1CCCC(c2nc(-c3ccc(F)cc3)no2)C1. The molecule has 0 spiro atoms. The molecule has 5 nitrogen and oxygen atoms in total. The Kier molecular flexibility index (Phi) is 4.92. The molecule has 0 N–H and O–H groups in total. The first kappa shape index (κ1) is 16.6. The van der Waals surface area contributed by atoms with Gasteiger partial charge < -0.3 is 9.42 Å². The van der Waals surface area contributed by atoms with Crippen LogP contribution in [0.3, 0.4) is 0 Å². The minimum atomic E-state index is -0.297. The number of piperidine rings is 1. The molecule has 3 rings (SSSR count). The first-order chi connectivity index (χ1) is 11.5. The number of amides is 1. The Hall–Kier alpha value is -2.24. The van der Waals surface area contributed by atoms with Crippen LogP contribution in [0, 0.1) is 11.7 Å². The fourth-order valence-corrected chi connectivity index (χ4v) is 3.00. The minimum absolute atomic E-state index is 0.0663. The number of hydrogen-bond acceptors (Lipinski definition) is 4. The summed E-state index contributed by atoms with van der Waals surface area (Å²) < 4.78 is 18.4. The number of carbonyl (C=O) groups excluding carboxylic acids is 1. The molecule has 1 saturated heterocycles. The van der Waals surface area contributed by atoms with Crippen molar-refractivity contribution in [2.75, 3.05) is 13.1 Å². The molecule has 0 saturated carbocycles. The first-order valence-corrected chi connectivity index (χ1v) is 8.40. The Morgan fingerprint density at radius 2 is 2.12 bits per heavy atom. The van der Waals surface area contributed by atoms with Crippen molar-refractivity contribution in [2.45, 2.75) is 39.0 Å². The molecule has 0 radical (unpaired) electrons. The number of rotatable bonds is 4. The second kappa shape index (κ2) is 7.11. The summed E-state index contributed by atoms with van der Waals surface area (Å²) in [6, 6.07) is 6.00. The van der Waals surface area contributed by atoms with Gasteiger partial charge >= 0.3 is 0 Å². The molecular weight excluding hydrogens is 309 g/mol. The van der Waals surface area contributed by atoms with Crippen LogP contribution in [0.1, 0.15) is 44.9 Å². The molecule has 2 aromatic rings. The zero-order chi connectivity index (χ0) is 17.1. The Morgan fingerprint density at radius 1 is 1.38 bits per heavy atom. The van der Waals surface area contributed by atoms with Crippen molar-refractivity contribution in [3.63, 3.8) is 0 Å². The quantitative estimate of drug-likeness (QED) is 0.858. The van der Waals surface area contributed by atoms with E-state index >= 15 is 0 Å². The molecule has 24 heavy (non-hydrogen) atoms. The van der Waals surface area contributed by atoms with Gasteiger partial charge in [-0.05, 0) is 43.0 Å². The van der Waals surface area contributed by atoms with Crippen molar-refractivity contribution in [2.24, 2.45) is 5.92 Å². The van der Waals surface area contributed by atoms with Crippen LogP contribution in [0.2, 0.25) is 0 Å². The molecule has 1 unspecified atom stereocenters. The summed E-state index contributed by atoms with van der Waals surface area (Å²) in [6.45, 7) is 5.51. The summed E-state index contributed by atoms with van der Waals surface area (Å²) >= 11 is 0. The summed E-state index contributed by atoms with van der Waals surface area (Å²) in [5.74, 6) is 1.32. The van der Waals surface area contributed by atoms with Crippen LogP contribution in [-0.2, 0) is 4.79 Å². The summed E-state index contributed by atoms with van der Waals surface area (Å²) in [4.78, 5) is 18.6. The molecule has 0 aliphatic carbocycles. The number of halogens is 1. The summed E-state index contributed by atoms with van der Waals surface area (Å²) in [5, 5.41) is 4.00. The van der Waals surface area contributed by atoms with E-state index in [-0.39, 0.29) is 17.6 Å². The lowest BCUT2D eigenvalue weighted by Gasteiger charge is -2.31. The normalized spacial score (nSPS) is 18.2. The van der Waals surface area contributed by atoms with Gasteiger partial charge in [0.1, 0.15) is 5.82 Å². The first-order valence-electron chi connectivity index (χ1n) is 8.40. The van der Waals surface area contributed by atoms with Gasteiger partial charge in [-0.2, -0.15) is 4.98 Å². The van der Waals surface area contributed by atoms with Gasteiger partial charge in [-0.3, -0.25) is 4.79 Å². The number of hydrogen-bond donors (Lipinski definition) is 0. The number of aromatic nitrogens is 2. The Morgan fingerprint density at radius 3 is 2.83 bits per heavy atom. The van der Waals surface area contributed by atoms with Gasteiger partial charge in [0.05, 0.1) is 5.92 Å². The molecule has 1 aromatic carbocycles. The largest absolute Gasteiger partial charge is 0.342 e. The predicted octanol–water partition coefficient (Wildman–Crippen LogP) is 3.63. The average molecular weight is 331 g/mol. The smallest absolute Gasteiger partial charge is 0.231 e. The summed E-state index contributed by atoms with van der Waals surface area (Å²) in [6.07, 6.45) is 2.43. The molecule has 1 atom stereocenters. The fraction of sp³-hybridized carbons (Fsp3) is 0.500.